The molecular formula is C13H20FN. The predicted molar refractivity (Wildman–Crippen MR) is 62.4 cm³/mol. The molecule has 0 aliphatic carbocycles. The van der Waals surface area contributed by atoms with E-state index in [-0.39, 0.29) is 5.82 Å². The van der Waals surface area contributed by atoms with Crippen LogP contribution in [0.1, 0.15) is 37.3 Å². The largest absolute Gasteiger partial charge is 0.330 e. The van der Waals surface area contributed by atoms with Crippen LogP contribution in [0.5, 0.6) is 0 Å². The number of rotatable bonds is 4. The Bertz CT molecular complexity index is 320. The highest BCUT2D eigenvalue weighted by Gasteiger charge is 2.12. The molecule has 1 atom stereocenters. The lowest BCUT2D eigenvalue weighted by atomic mass is 9.89. The Balaban J connectivity index is 2.87. The normalized spacial score (nSPS) is 13.2. The molecule has 1 rings (SSSR count). The van der Waals surface area contributed by atoms with Crippen molar-refractivity contribution in [3.05, 3.63) is 35.1 Å². The van der Waals surface area contributed by atoms with Gasteiger partial charge in [0.2, 0.25) is 0 Å². The molecule has 15 heavy (non-hydrogen) atoms. The van der Waals surface area contributed by atoms with Crippen molar-refractivity contribution in [1.82, 2.24) is 0 Å². The smallest absolute Gasteiger partial charge is 0.126 e. The Hall–Kier alpha value is -0.890. The first kappa shape index (κ1) is 12.2. The lowest BCUT2D eigenvalue weighted by molar-refractivity contribution is 0.503. The quantitative estimate of drug-likeness (QED) is 0.809. The fraction of sp³-hybridized carbons (Fsp3) is 0.538. The molecule has 0 aliphatic rings. The van der Waals surface area contributed by atoms with E-state index in [2.05, 4.69) is 13.8 Å². The van der Waals surface area contributed by atoms with Crippen LogP contribution in [-0.2, 0) is 0 Å². The molecule has 1 aromatic rings. The molecule has 0 spiro atoms. The van der Waals surface area contributed by atoms with Crippen LogP contribution in [-0.4, -0.2) is 6.54 Å². The summed E-state index contributed by atoms with van der Waals surface area (Å²) in [6.45, 7) is 6.78. The maximum Gasteiger partial charge on any atom is 0.126 e. The van der Waals surface area contributed by atoms with Gasteiger partial charge in [0.05, 0.1) is 0 Å². The van der Waals surface area contributed by atoms with Gasteiger partial charge in [0.25, 0.3) is 0 Å². The molecule has 0 amide bonds. The Kier molecular flexibility index (Phi) is 4.28. The van der Waals surface area contributed by atoms with Crippen molar-refractivity contribution in [2.75, 3.05) is 6.54 Å². The molecule has 1 unspecified atom stereocenters. The number of benzene rings is 1. The van der Waals surface area contributed by atoms with E-state index in [4.69, 9.17) is 5.73 Å². The van der Waals surface area contributed by atoms with Crippen molar-refractivity contribution in [2.24, 2.45) is 11.7 Å². The standard InChI is InChI=1S/C13H20FN/c1-9(2)6-12(8-15)11-4-5-13(14)10(3)7-11/h4-5,7,9,12H,6,8,15H2,1-3H3. The van der Waals surface area contributed by atoms with Crippen LogP contribution in [0, 0.1) is 18.7 Å². The minimum Gasteiger partial charge on any atom is -0.330 e. The molecule has 0 aliphatic heterocycles. The summed E-state index contributed by atoms with van der Waals surface area (Å²) in [5.41, 5.74) is 7.61. The van der Waals surface area contributed by atoms with E-state index in [9.17, 15) is 4.39 Å². The van der Waals surface area contributed by atoms with Gasteiger partial charge in [0.15, 0.2) is 0 Å². The topological polar surface area (TPSA) is 26.0 Å². The van der Waals surface area contributed by atoms with E-state index in [0.29, 0.717) is 23.9 Å². The third kappa shape index (κ3) is 3.31. The first-order valence-electron chi connectivity index (χ1n) is 5.50. The van der Waals surface area contributed by atoms with Gasteiger partial charge in [-0.2, -0.15) is 0 Å². The van der Waals surface area contributed by atoms with Crippen molar-refractivity contribution >= 4 is 0 Å². The molecule has 2 heteroatoms. The number of nitrogens with two attached hydrogens (primary N) is 1. The number of aryl methyl sites for hydroxylation is 1. The van der Waals surface area contributed by atoms with Gasteiger partial charge in [0.1, 0.15) is 5.82 Å². The van der Waals surface area contributed by atoms with Crippen molar-refractivity contribution in [1.29, 1.82) is 0 Å². The summed E-state index contributed by atoms with van der Waals surface area (Å²) in [6.07, 6.45) is 1.06. The van der Waals surface area contributed by atoms with E-state index in [1.54, 1.807) is 6.92 Å². The van der Waals surface area contributed by atoms with Gasteiger partial charge >= 0.3 is 0 Å². The maximum atomic E-state index is 13.1. The summed E-state index contributed by atoms with van der Waals surface area (Å²) in [5.74, 6) is 0.826. The van der Waals surface area contributed by atoms with Crippen LogP contribution in [0.15, 0.2) is 18.2 Å². The van der Waals surface area contributed by atoms with Crippen LogP contribution in [0.3, 0.4) is 0 Å². The molecule has 0 bridgehead atoms. The molecule has 0 heterocycles. The molecule has 0 saturated heterocycles. The number of hydrogen-bond donors (Lipinski definition) is 1. The molecule has 1 aromatic carbocycles. The minimum absolute atomic E-state index is 0.140. The van der Waals surface area contributed by atoms with E-state index in [0.717, 1.165) is 12.0 Å². The highest BCUT2D eigenvalue weighted by molar-refractivity contribution is 5.27. The van der Waals surface area contributed by atoms with Crippen LogP contribution in [0.2, 0.25) is 0 Å². The molecule has 84 valence electrons. The second-order valence-corrected chi connectivity index (χ2v) is 4.57. The van der Waals surface area contributed by atoms with Crippen LogP contribution >= 0.6 is 0 Å². The van der Waals surface area contributed by atoms with E-state index < -0.39 is 0 Å². The summed E-state index contributed by atoms with van der Waals surface area (Å²) in [7, 11) is 0. The minimum atomic E-state index is -0.140. The Labute approximate surface area is 91.5 Å². The molecule has 1 nitrogen and oxygen atoms in total. The molecule has 0 aromatic heterocycles. The third-order valence-corrected chi connectivity index (χ3v) is 2.69. The zero-order valence-corrected chi connectivity index (χ0v) is 9.76. The Morgan fingerprint density at radius 2 is 2.00 bits per heavy atom. The fourth-order valence-corrected chi connectivity index (χ4v) is 1.86. The molecule has 0 fully saturated rings. The number of hydrogen-bond acceptors (Lipinski definition) is 1. The highest BCUT2D eigenvalue weighted by atomic mass is 19.1. The van der Waals surface area contributed by atoms with Gasteiger partial charge in [-0.05, 0) is 48.9 Å². The average Bonchev–Trinajstić information content (AvgIpc) is 2.18. The van der Waals surface area contributed by atoms with Gasteiger partial charge < -0.3 is 5.73 Å². The Morgan fingerprint density at radius 3 is 2.47 bits per heavy atom. The predicted octanol–water partition coefficient (Wildman–Crippen LogP) is 3.22. The molecule has 0 saturated carbocycles. The summed E-state index contributed by atoms with van der Waals surface area (Å²) < 4.78 is 13.1. The van der Waals surface area contributed by atoms with E-state index in [1.807, 2.05) is 12.1 Å². The zero-order valence-electron chi connectivity index (χ0n) is 9.76. The summed E-state index contributed by atoms with van der Waals surface area (Å²) >= 11 is 0. The van der Waals surface area contributed by atoms with Gasteiger partial charge in [-0.1, -0.05) is 26.0 Å². The fourth-order valence-electron chi connectivity index (χ4n) is 1.86. The van der Waals surface area contributed by atoms with Gasteiger partial charge in [0, 0.05) is 0 Å². The molecule has 2 N–H and O–H groups in total. The molecular weight excluding hydrogens is 189 g/mol. The lowest BCUT2D eigenvalue weighted by Gasteiger charge is -2.18. The van der Waals surface area contributed by atoms with Crippen LogP contribution < -0.4 is 5.73 Å². The number of halogens is 1. The summed E-state index contributed by atoms with van der Waals surface area (Å²) in [4.78, 5) is 0. The van der Waals surface area contributed by atoms with Crippen LogP contribution in [0.4, 0.5) is 4.39 Å². The van der Waals surface area contributed by atoms with E-state index in [1.165, 1.54) is 6.07 Å². The summed E-state index contributed by atoms with van der Waals surface area (Å²) in [5, 5.41) is 0. The highest BCUT2D eigenvalue weighted by Crippen LogP contribution is 2.24. The van der Waals surface area contributed by atoms with Crippen molar-refractivity contribution in [3.63, 3.8) is 0 Å². The third-order valence-electron chi connectivity index (χ3n) is 2.69. The second-order valence-electron chi connectivity index (χ2n) is 4.57. The maximum absolute atomic E-state index is 13.1. The van der Waals surface area contributed by atoms with Gasteiger partial charge in [-0.25, -0.2) is 4.39 Å². The van der Waals surface area contributed by atoms with Crippen LogP contribution in [0.25, 0.3) is 0 Å². The molecule has 0 radical (unpaired) electrons. The van der Waals surface area contributed by atoms with Gasteiger partial charge in [-0.15, -0.1) is 0 Å². The second kappa shape index (κ2) is 5.26. The Morgan fingerprint density at radius 1 is 1.33 bits per heavy atom. The first-order chi connectivity index (χ1) is 7.04. The monoisotopic (exact) mass is 209 g/mol. The SMILES string of the molecule is Cc1cc(C(CN)CC(C)C)ccc1F. The van der Waals surface area contributed by atoms with E-state index >= 15 is 0 Å². The zero-order chi connectivity index (χ0) is 11.4. The first-order valence-corrected chi connectivity index (χ1v) is 5.50. The van der Waals surface area contributed by atoms with Gasteiger partial charge in [-0.3, -0.25) is 0 Å². The van der Waals surface area contributed by atoms with Crippen molar-refractivity contribution in [2.45, 2.75) is 33.1 Å². The lowest BCUT2D eigenvalue weighted by Crippen LogP contribution is -2.14. The van der Waals surface area contributed by atoms with Crippen molar-refractivity contribution in [3.8, 4) is 0 Å². The van der Waals surface area contributed by atoms with Crippen molar-refractivity contribution < 1.29 is 4.39 Å². The average molecular weight is 209 g/mol. The summed E-state index contributed by atoms with van der Waals surface area (Å²) in [6, 6.07) is 5.30.